The van der Waals surface area contributed by atoms with Crippen molar-refractivity contribution in [3.8, 4) is 5.75 Å². The fourth-order valence-corrected chi connectivity index (χ4v) is 5.45. The predicted octanol–water partition coefficient (Wildman–Crippen LogP) is 1.25. The van der Waals surface area contributed by atoms with E-state index in [4.69, 9.17) is 26.2 Å². The number of rotatable bonds is 4. The van der Waals surface area contributed by atoms with Gasteiger partial charge in [0.15, 0.2) is 0 Å². The summed E-state index contributed by atoms with van der Waals surface area (Å²) in [5.74, 6) is 5.74. The van der Waals surface area contributed by atoms with Crippen LogP contribution in [0.15, 0.2) is 23.2 Å². The van der Waals surface area contributed by atoms with Gasteiger partial charge in [-0.2, -0.15) is 0 Å². The van der Waals surface area contributed by atoms with Crippen molar-refractivity contribution in [1.82, 2.24) is 5.32 Å². The van der Waals surface area contributed by atoms with E-state index in [1.165, 1.54) is 6.92 Å². The minimum Gasteiger partial charge on any atom is -0.486 e. The number of carboxylic acids is 1. The third kappa shape index (κ3) is 2.77. The smallest absolute Gasteiger partial charge is 0.341 e. The van der Waals surface area contributed by atoms with E-state index in [-0.39, 0.29) is 17.1 Å². The highest BCUT2D eigenvalue weighted by Crippen LogP contribution is 2.49. The van der Waals surface area contributed by atoms with E-state index < -0.39 is 17.7 Å². The summed E-state index contributed by atoms with van der Waals surface area (Å²) in [7, 11) is 0. The quantitative estimate of drug-likeness (QED) is 0.559. The predicted molar refractivity (Wildman–Crippen MR) is 107 cm³/mol. The highest BCUT2D eigenvalue weighted by Gasteiger charge is 2.56. The molecule has 0 saturated heterocycles. The molecule has 1 aromatic rings. The molecule has 156 valence electrons. The van der Waals surface area contributed by atoms with Crippen LogP contribution in [0.25, 0.3) is 0 Å². The number of aliphatic imine (C=N–C) groups is 1. The van der Waals surface area contributed by atoms with Crippen LogP contribution in [0.5, 0.6) is 5.75 Å². The number of hydrogen-bond donors (Lipinski definition) is 4. The molecule has 6 N–H and O–H groups in total. The number of carbonyl (C=O) groups is 1. The molecule has 2 bridgehead atoms. The van der Waals surface area contributed by atoms with Crippen LogP contribution in [0.4, 0.5) is 0 Å². The van der Waals surface area contributed by atoms with Gasteiger partial charge < -0.3 is 20.9 Å². The molecule has 2 heterocycles. The summed E-state index contributed by atoms with van der Waals surface area (Å²) >= 11 is 0. The third-order valence-corrected chi connectivity index (χ3v) is 7.59. The second-order valence-corrected chi connectivity index (χ2v) is 9.34. The SMILES string of the molecule is CC(ON)(C(=O)O)C1CCc2cc(C3=NC4CC5(N)CCC4(CC5)N3)ccc2O1. The summed E-state index contributed by atoms with van der Waals surface area (Å²) in [6.45, 7) is 1.44. The number of aryl methyl sites for hydroxylation is 1. The van der Waals surface area contributed by atoms with Crippen LogP contribution in [-0.2, 0) is 16.1 Å². The van der Waals surface area contributed by atoms with Crippen molar-refractivity contribution in [2.75, 3.05) is 0 Å². The Morgan fingerprint density at radius 3 is 2.83 bits per heavy atom. The Bertz CT molecular complexity index is 893. The summed E-state index contributed by atoms with van der Waals surface area (Å²) in [5, 5.41) is 13.2. The first-order chi connectivity index (χ1) is 13.8. The van der Waals surface area contributed by atoms with E-state index in [0.717, 1.165) is 49.1 Å². The summed E-state index contributed by atoms with van der Waals surface area (Å²) in [4.78, 5) is 21.4. The van der Waals surface area contributed by atoms with Crippen LogP contribution in [0, 0.1) is 0 Å². The number of aliphatic carboxylic acids is 1. The minimum absolute atomic E-state index is 0.0480. The monoisotopic (exact) mass is 400 g/mol. The number of ether oxygens (including phenoxy) is 1. The zero-order valence-corrected chi connectivity index (χ0v) is 16.6. The number of hydrogen-bond acceptors (Lipinski definition) is 7. The Morgan fingerprint density at radius 2 is 2.14 bits per heavy atom. The highest BCUT2D eigenvalue weighted by atomic mass is 16.7. The summed E-state index contributed by atoms with van der Waals surface area (Å²) < 4.78 is 5.96. The molecule has 3 unspecified atom stereocenters. The Hall–Kier alpha value is -2.16. The van der Waals surface area contributed by atoms with Gasteiger partial charge in [-0.05, 0) is 75.6 Å². The van der Waals surface area contributed by atoms with Gasteiger partial charge in [-0.25, -0.2) is 10.7 Å². The molecule has 0 amide bonds. The van der Waals surface area contributed by atoms with E-state index in [1.807, 2.05) is 12.1 Å². The molecular weight excluding hydrogens is 372 g/mol. The van der Waals surface area contributed by atoms with Gasteiger partial charge in [-0.3, -0.25) is 9.83 Å². The maximum Gasteiger partial charge on any atom is 0.341 e. The van der Waals surface area contributed by atoms with Gasteiger partial charge in [0.05, 0.1) is 11.6 Å². The Kier molecular flexibility index (Phi) is 4.01. The lowest BCUT2D eigenvalue weighted by molar-refractivity contribution is -0.179. The molecule has 0 aromatic heterocycles. The van der Waals surface area contributed by atoms with E-state index in [9.17, 15) is 9.90 Å². The van der Waals surface area contributed by atoms with Crippen LogP contribution < -0.4 is 21.7 Å². The van der Waals surface area contributed by atoms with Crippen LogP contribution in [0.3, 0.4) is 0 Å². The normalized spacial score (nSPS) is 36.9. The minimum atomic E-state index is -1.58. The molecule has 3 fully saturated rings. The molecular formula is C21H28N4O4. The molecule has 2 aliphatic heterocycles. The first-order valence-corrected chi connectivity index (χ1v) is 10.3. The first kappa shape index (κ1) is 18.8. The maximum atomic E-state index is 11.6. The standard InChI is InChI=1S/C21H28N4O4/c1-19(29-23,18(26)27)16-5-3-12-10-13(2-4-14(12)28-16)17-24-15-11-20(22)6-8-21(15,25-17)9-7-20/h2,4,10,15-16H,3,5-9,11,22-23H2,1H3,(H,24,25)(H,26,27). The van der Waals surface area contributed by atoms with Gasteiger partial charge in [-0.1, -0.05) is 0 Å². The van der Waals surface area contributed by atoms with Gasteiger partial charge in [0.25, 0.3) is 0 Å². The van der Waals surface area contributed by atoms with Gasteiger partial charge in [-0.15, -0.1) is 0 Å². The number of nitrogens with one attached hydrogen (secondary N) is 1. The third-order valence-electron chi connectivity index (χ3n) is 7.59. The van der Waals surface area contributed by atoms with E-state index in [2.05, 4.69) is 11.4 Å². The van der Waals surface area contributed by atoms with E-state index in [1.54, 1.807) is 0 Å². The van der Waals surface area contributed by atoms with Gasteiger partial charge in [0, 0.05) is 11.1 Å². The molecule has 3 aliphatic carbocycles. The number of carboxylic acid groups (broad SMARTS) is 1. The Balaban J connectivity index is 1.38. The topological polar surface area (TPSA) is 132 Å². The van der Waals surface area contributed by atoms with Crippen LogP contribution in [0.1, 0.15) is 56.6 Å². The highest BCUT2D eigenvalue weighted by molar-refractivity contribution is 6.01. The summed E-state index contributed by atoms with van der Waals surface area (Å²) in [5.41, 5.74) is 7.05. The molecule has 3 atom stereocenters. The lowest BCUT2D eigenvalue weighted by Gasteiger charge is -2.52. The van der Waals surface area contributed by atoms with E-state index >= 15 is 0 Å². The average Bonchev–Trinajstić information content (AvgIpc) is 3.10. The van der Waals surface area contributed by atoms with Crippen molar-refractivity contribution in [3.63, 3.8) is 0 Å². The average molecular weight is 400 g/mol. The lowest BCUT2D eigenvalue weighted by Crippen LogP contribution is -2.65. The van der Waals surface area contributed by atoms with Gasteiger partial charge in [0.2, 0.25) is 5.60 Å². The zero-order valence-electron chi connectivity index (χ0n) is 16.6. The molecule has 8 nitrogen and oxygen atoms in total. The first-order valence-electron chi connectivity index (χ1n) is 10.3. The molecule has 3 saturated carbocycles. The van der Waals surface area contributed by atoms with Crippen molar-refractivity contribution in [2.45, 2.75) is 80.7 Å². The summed E-state index contributed by atoms with van der Waals surface area (Å²) in [6, 6.07) is 6.21. The van der Waals surface area contributed by atoms with Gasteiger partial charge >= 0.3 is 5.97 Å². The molecule has 5 aliphatic rings. The Labute approximate surface area is 169 Å². The number of nitrogens with zero attached hydrogens (tertiary/aromatic N) is 1. The molecule has 8 heteroatoms. The number of amidine groups is 1. The van der Waals surface area contributed by atoms with Crippen molar-refractivity contribution >= 4 is 11.8 Å². The van der Waals surface area contributed by atoms with E-state index in [0.29, 0.717) is 18.6 Å². The molecule has 1 spiro atoms. The van der Waals surface area contributed by atoms with Crippen LogP contribution in [-0.4, -0.2) is 45.7 Å². The van der Waals surface area contributed by atoms with Crippen LogP contribution in [0.2, 0.25) is 0 Å². The fraction of sp³-hybridized carbons (Fsp3) is 0.619. The van der Waals surface area contributed by atoms with Gasteiger partial charge in [0.1, 0.15) is 17.7 Å². The molecule has 1 aromatic carbocycles. The second-order valence-electron chi connectivity index (χ2n) is 9.34. The van der Waals surface area contributed by atoms with Crippen molar-refractivity contribution < 1.29 is 19.5 Å². The van der Waals surface area contributed by atoms with Crippen molar-refractivity contribution in [2.24, 2.45) is 16.6 Å². The summed E-state index contributed by atoms with van der Waals surface area (Å²) in [6.07, 6.45) is 5.77. The fourth-order valence-electron chi connectivity index (χ4n) is 5.45. The lowest BCUT2D eigenvalue weighted by atomic mass is 9.60. The van der Waals surface area contributed by atoms with Crippen LogP contribution >= 0.6 is 0 Å². The molecule has 6 rings (SSSR count). The second kappa shape index (κ2) is 6.17. The number of benzene rings is 1. The van der Waals surface area contributed by atoms with Crippen molar-refractivity contribution in [3.05, 3.63) is 29.3 Å². The van der Waals surface area contributed by atoms with Crippen molar-refractivity contribution in [1.29, 1.82) is 0 Å². The zero-order chi connectivity index (χ0) is 20.4. The Morgan fingerprint density at radius 1 is 1.38 bits per heavy atom. The molecule has 29 heavy (non-hydrogen) atoms. The number of fused-ring (bicyclic) bond motifs is 3. The number of nitrogens with two attached hydrogens (primary N) is 2. The largest absolute Gasteiger partial charge is 0.486 e. The maximum absolute atomic E-state index is 11.6. The molecule has 0 radical (unpaired) electrons.